The molecule has 1 aromatic carbocycles. The van der Waals surface area contributed by atoms with E-state index in [-0.39, 0.29) is 18.5 Å². The second kappa shape index (κ2) is 4.81. The second-order valence-corrected chi connectivity index (χ2v) is 4.51. The Morgan fingerprint density at radius 3 is 2.95 bits per heavy atom. The first-order valence-electron chi connectivity index (χ1n) is 6.14. The highest BCUT2D eigenvalue weighted by Crippen LogP contribution is 2.22. The lowest BCUT2D eigenvalue weighted by molar-refractivity contribution is -0.121. The third-order valence-corrected chi connectivity index (χ3v) is 3.14. The van der Waals surface area contributed by atoms with Gasteiger partial charge in [-0.2, -0.15) is 4.98 Å². The van der Waals surface area contributed by atoms with Crippen LogP contribution in [0.4, 0.5) is 0 Å². The highest BCUT2D eigenvalue weighted by atomic mass is 16.5. The van der Waals surface area contributed by atoms with Gasteiger partial charge in [-0.05, 0) is 12.5 Å². The molecular formula is C13H14N4O2. The van der Waals surface area contributed by atoms with Crippen LogP contribution in [0.25, 0.3) is 11.4 Å². The fourth-order valence-electron chi connectivity index (χ4n) is 2.05. The van der Waals surface area contributed by atoms with Gasteiger partial charge < -0.3 is 9.84 Å². The van der Waals surface area contributed by atoms with Gasteiger partial charge in [0, 0.05) is 12.1 Å². The first-order valence-corrected chi connectivity index (χ1v) is 6.14. The van der Waals surface area contributed by atoms with E-state index in [0.717, 1.165) is 11.1 Å². The van der Waals surface area contributed by atoms with Crippen molar-refractivity contribution in [2.75, 3.05) is 13.1 Å². The molecule has 1 aliphatic rings. The van der Waals surface area contributed by atoms with Crippen molar-refractivity contribution in [3.8, 4) is 11.4 Å². The van der Waals surface area contributed by atoms with E-state index in [1.54, 1.807) is 0 Å². The van der Waals surface area contributed by atoms with E-state index in [2.05, 4.69) is 20.8 Å². The van der Waals surface area contributed by atoms with Crippen molar-refractivity contribution in [1.82, 2.24) is 20.8 Å². The number of hydrogen-bond donors (Lipinski definition) is 2. The molecule has 1 atom stereocenters. The molecule has 0 saturated carbocycles. The first kappa shape index (κ1) is 11.9. The van der Waals surface area contributed by atoms with Crippen LogP contribution in [0.3, 0.4) is 0 Å². The van der Waals surface area contributed by atoms with Crippen molar-refractivity contribution in [3.63, 3.8) is 0 Å². The maximum atomic E-state index is 11.1. The summed E-state index contributed by atoms with van der Waals surface area (Å²) >= 11 is 0. The first-order chi connectivity index (χ1) is 9.24. The van der Waals surface area contributed by atoms with E-state index in [1.165, 1.54) is 0 Å². The quantitative estimate of drug-likeness (QED) is 0.833. The standard InChI is InChI=1S/C13H14N4O2/c1-8-4-2-3-5-9(8)12-16-13(19-17-12)10-6-15-11(18)7-14-10/h2-5,10,14H,6-7H2,1H3,(H,15,18). The molecular weight excluding hydrogens is 244 g/mol. The number of amides is 1. The SMILES string of the molecule is Cc1ccccc1-c1noc(C2CNC(=O)CN2)n1. The topological polar surface area (TPSA) is 80.0 Å². The minimum atomic E-state index is -0.122. The maximum Gasteiger partial charge on any atom is 0.245 e. The number of nitrogens with one attached hydrogen (secondary N) is 2. The van der Waals surface area contributed by atoms with Crippen LogP contribution in [-0.4, -0.2) is 29.1 Å². The summed E-state index contributed by atoms with van der Waals surface area (Å²) in [6, 6.07) is 7.75. The van der Waals surface area contributed by atoms with Crippen molar-refractivity contribution in [2.45, 2.75) is 13.0 Å². The zero-order chi connectivity index (χ0) is 13.2. The van der Waals surface area contributed by atoms with Crippen LogP contribution in [0.2, 0.25) is 0 Å². The summed E-state index contributed by atoms with van der Waals surface area (Å²) < 4.78 is 5.27. The van der Waals surface area contributed by atoms with E-state index in [1.807, 2.05) is 31.2 Å². The van der Waals surface area contributed by atoms with Crippen LogP contribution in [0, 0.1) is 6.92 Å². The lowest BCUT2D eigenvalue weighted by Gasteiger charge is -2.20. The summed E-state index contributed by atoms with van der Waals surface area (Å²) in [6.07, 6.45) is 0. The molecule has 2 heterocycles. The van der Waals surface area contributed by atoms with E-state index in [0.29, 0.717) is 18.3 Å². The molecule has 6 nitrogen and oxygen atoms in total. The minimum Gasteiger partial charge on any atom is -0.353 e. The van der Waals surface area contributed by atoms with Gasteiger partial charge in [0.1, 0.15) is 6.04 Å². The summed E-state index contributed by atoms with van der Waals surface area (Å²) in [4.78, 5) is 15.5. The number of aryl methyl sites for hydroxylation is 1. The molecule has 1 aliphatic heterocycles. The number of hydrogen-bond acceptors (Lipinski definition) is 5. The van der Waals surface area contributed by atoms with Crippen molar-refractivity contribution in [1.29, 1.82) is 0 Å². The van der Waals surface area contributed by atoms with Crippen LogP contribution in [0.1, 0.15) is 17.5 Å². The highest BCUT2D eigenvalue weighted by molar-refractivity contribution is 5.78. The largest absolute Gasteiger partial charge is 0.353 e. The number of carbonyl (C=O) groups excluding carboxylic acids is 1. The maximum absolute atomic E-state index is 11.1. The number of carbonyl (C=O) groups is 1. The Morgan fingerprint density at radius 1 is 1.37 bits per heavy atom. The summed E-state index contributed by atoms with van der Waals surface area (Å²) in [6.45, 7) is 2.74. The summed E-state index contributed by atoms with van der Waals surface area (Å²) in [7, 11) is 0. The predicted molar refractivity (Wildman–Crippen MR) is 68.2 cm³/mol. The van der Waals surface area contributed by atoms with Gasteiger partial charge in [-0.3, -0.25) is 10.1 Å². The Bertz CT molecular complexity index is 598. The number of aromatic nitrogens is 2. The van der Waals surface area contributed by atoms with Gasteiger partial charge in [0.05, 0.1) is 6.54 Å². The molecule has 19 heavy (non-hydrogen) atoms. The summed E-state index contributed by atoms with van der Waals surface area (Å²) in [5.74, 6) is 1.06. The Labute approximate surface area is 110 Å². The van der Waals surface area contributed by atoms with Crippen molar-refractivity contribution in [3.05, 3.63) is 35.7 Å². The molecule has 6 heteroatoms. The smallest absolute Gasteiger partial charge is 0.245 e. The molecule has 2 N–H and O–H groups in total. The fourth-order valence-corrected chi connectivity index (χ4v) is 2.05. The monoisotopic (exact) mass is 258 g/mol. The third kappa shape index (κ3) is 2.34. The molecule has 0 radical (unpaired) electrons. The summed E-state index contributed by atoms with van der Waals surface area (Å²) in [5.41, 5.74) is 2.05. The Hall–Kier alpha value is -2.21. The lowest BCUT2D eigenvalue weighted by Crippen LogP contribution is -2.47. The molecule has 1 unspecified atom stereocenters. The third-order valence-electron chi connectivity index (χ3n) is 3.14. The van der Waals surface area contributed by atoms with Crippen molar-refractivity contribution in [2.24, 2.45) is 0 Å². The molecule has 3 rings (SSSR count). The zero-order valence-corrected chi connectivity index (χ0v) is 10.5. The van der Waals surface area contributed by atoms with Crippen molar-refractivity contribution < 1.29 is 9.32 Å². The highest BCUT2D eigenvalue weighted by Gasteiger charge is 2.24. The molecule has 1 amide bonds. The van der Waals surface area contributed by atoms with Crippen LogP contribution >= 0.6 is 0 Å². The predicted octanol–water partition coefficient (Wildman–Crippen LogP) is 0.806. The molecule has 0 bridgehead atoms. The van der Waals surface area contributed by atoms with Gasteiger partial charge in [0.15, 0.2) is 0 Å². The average molecular weight is 258 g/mol. The Balaban J connectivity index is 1.84. The van der Waals surface area contributed by atoms with Gasteiger partial charge in [-0.15, -0.1) is 0 Å². The van der Waals surface area contributed by atoms with Gasteiger partial charge in [0.25, 0.3) is 0 Å². The van der Waals surface area contributed by atoms with Gasteiger partial charge in [0.2, 0.25) is 17.6 Å². The average Bonchev–Trinajstić information content (AvgIpc) is 2.89. The van der Waals surface area contributed by atoms with Gasteiger partial charge >= 0.3 is 0 Å². The second-order valence-electron chi connectivity index (χ2n) is 4.51. The Morgan fingerprint density at radius 2 is 2.21 bits per heavy atom. The molecule has 1 fully saturated rings. The lowest BCUT2D eigenvalue weighted by atomic mass is 10.1. The zero-order valence-electron chi connectivity index (χ0n) is 10.5. The number of nitrogens with zero attached hydrogens (tertiary/aromatic N) is 2. The van der Waals surface area contributed by atoms with E-state index >= 15 is 0 Å². The molecule has 1 saturated heterocycles. The van der Waals surface area contributed by atoms with Gasteiger partial charge in [-0.1, -0.05) is 29.4 Å². The normalized spacial score (nSPS) is 19.2. The van der Waals surface area contributed by atoms with E-state index < -0.39 is 0 Å². The summed E-state index contributed by atoms with van der Waals surface area (Å²) in [5, 5.41) is 9.82. The molecule has 1 aromatic heterocycles. The fraction of sp³-hybridized carbons (Fsp3) is 0.308. The van der Waals surface area contributed by atoms with Crippen molar-refractivity contribution >= 4 is 5.91 Å². The van der Waals surface area contributed by atoms with Crippen LogP contribution in [-0.2, 0) is 4.79 Å². The number of benzene rings is 1. The van der Waals surface area contributed by atoms with E-state index in [9.17, 15) is 4.79 Å². The van der Waals surface area contributed by atoms with Crippen LogP contribution < -0.4 is 10.6 Å². The van der Waals surface area contributed by atoms with Crippen LogP contribution in [0.5, 0.6) is 0 Å². The number of piperazine rings is 1. The minimum absolute atomic E-state index is 0.0186. The molecule has 0 aliphatic carbocycles. The van der Waals surface area contributed by atoms with E-state index in [4.69, 9.17) is 4.52 Å². The van der Waals surface area contributed by atoms with Gasteiger partial charge in [-0.25, -0.2) is 0 Å². The molecule has 2 aromatic rings. The number of rotatable bonds is 2. The molecule has 98 valence electrons. The molecule has 0 spiro atoms. The van der Waals surface area contributed by atoms with Crippen LogP contribution in [0.15, 0.2) is 28.8 Å². The Kier molecular flexibility index (Phi) is 3.00.